The Kier molecular flexibility index (Phi) is 10.7. The molecule has 0 bridgehead atoms. The number of benzene rings is 2. The molecule has 1 fully saturated rings. The number of carbonyl (C=O) groups is 2. The van der Waals surface area contributed by atoms with Crippen LogP contribution in [0.2, 0.25) is 0 Å². The summed E-state index contributed by atoms with van der Waals surface area (Å²) in [6.45, 7) is 3.41. The van der Waals surface area contributed by atoms with Crippen LogP contribution >= 0.6 is 0 Å². The number of nitrogens with one attached hydrogen (secondary N) is 4. The SMILES string of the molecule is CCNC(=O)C1O[C@@H](n2cnc3c(NCC(c4ccccc4)c4ccccc4)nc(C(=O)NCCCNc4ccccn4)nc32)[C@H](O)[C@@H]1O. The molecule has 2 aromatic carbocycles. The summed E-state index contributed by atoms with van der Waals surface area (Å²) in [7, 11) is 0. The van der Waals surface area contributed by atoms with Gasteiger partial charge in [0, 0.05) is 38.3 Å². The summed E-state index contributed by atoms with van der Waals surface area (Å²) in [6, 6.07) is 25.7. The molecular weight excluding hydrogens is 626 g/mol. The smallest absolute Gasteiger partial charge is 0.289 e. The molecule has 4 atom stereocenters. The molecule has 0 radical (unpaired) electrons. The van der Waals surface area contributed by atoms with E-state index in [0.29, 0.717) is 43.9 Å². The van der Waals surface area contributed by atoms with Crippen molar-refractivity contribution in [2.24, 2.45) is 0 Å². The standard InChI is InChI=1S/C35H39N9O5/c1-2-36-33(47)29-27(45)28(46)35(49-29)44-21-41-26-30(40-20-24(22-12-5-3-6-13-22)23-14-7-4-8-15-23)42-31(43-32(26)44)34(48)39-19-11-18-38-25-16-9-10-17-37-25/h3-10,12-17,21,24,27-29,35,45-46H,2,11,18-20H2,1H3,(H,36,47)(H,37,38)(H,39,48)(H,40,42,43)/t27-,28+,29?,35+/m0/s1. The van der Waals surface area contributed by atoms with Crippen molar-refractivity contribution < 1.29 is 24.5 Å². The van der Waals surface area contributed by atoms with E-state index >= 15 is 0 Å². The van der Waals surface area contributed by atoms with Gasteiger partial charge in [0.1, 0.15) is 18.0 Å². The lowest BCUT2D eigenvalue weighted by Crippen LogP contribution is -2.42. The van der Waals surface area contributed by atoms with Crippen LogP contribution < -0.4 is 21.3 Å². The number of ether oxygens (including phenoxy) is 1. The number of anilines is 2. The lowest BCUT2D eigenvalue weighted by atomic mass is 9.91. The van der Waals surface area contributed by atoms with E-state index in [2.05, 4.69) is 65.5 Å². The monoisotopic (exact) mass is 665 g/mol. The maximum Gasteiger partial charge on any atom is 0.289 e. The fourth-order valence-electron chi connectivity index (χ4n) is 5.76. The van der Waals surface area contributed by atoms with E-state index in [1.165, 1.54) is 10.9 Å². The highest BCUT2D eigenvalue weighted by Gasteiger charge is 2.47. The van der Waals surface area contributed by atoms with Gasteiger partial charge < -0.3 is 36.2 Å². The molecule has 14 nitrogen and oxygen atoms in total. The van der Waals surface area contributed by atoms with Gasteiger partial charge >= 0.3 is 0 Å². The van der Waals surface area contributed by atoms with Gasteiger partial charge in [0.05, 0.1) is 6.33 Å². The molecule has 0 aliphatic carbocycles. The van der Waals surface area contributed by atoms with Gasteiger partial charge in [-0.25, -0.2) is 19.9 Å². The zero-order chi connectivity index (χ0) is 34.2. The van der Waals surface area contributed by atoms with Gasteiger partial charge in [0.15, 0.2) is 29.3 Å². The second kappa shape index (κ2) is 15.6. The van der Waals surface area contributed by atoms with Crippen LogP contribution in [0.5, 0.6) is 0 Å². The average Bonchev–Trinajstić information content (AvgIpc) is 3.69. The Morgan fingerprint density at radius 2 is 1.57 bits per heavy atom. The molecular formula is C35H39N9O5. The van der Waals surface area contributed by atoms with Crippen LogP contribution in [0.25, 0.3) is 11.2 Å². The molecule has 0 saturated carbocycles. The molecule has 1 aliphatic rings. The number of pyridine rings is 1. The van der Waals surface area contributed by atoms with Crippen molar-refractivity contribution in [1.29, 1.82) is 0 Å². The van der Waals surface area contributed by atoms with Crippen LogP contribution in [-0.2, 0) is 9.53 Å². The highest BCUT2D eigenvalue weighted by molar-refractivity contribution is 5.94. The van der Waals surface area contributed by atoms with Crippen LogP contribution in [0, 0.1) is 0 Å². The fourth-order valence-corrected chi connectivity index (χ4v) is 5.76. The van der Waals surface area contributed by atoms with Crippen molar-refractivity contribution in [3.8, 4) is 0 Å². The highest BCUT2D eigenvalue weighted by Crippen LogP contribution is 2.33. The van der Waals surface area contributed by atoms with Crippen LogP contribution in [0.4, 0.5) is 11.6 Å². The lowest BCUT2D eigenvalue weighted by molar-refractivity contribution is -0.137. The van der Waals surface area contributed by atoms with Crippen molar-refractivity contribution in [1.82, 2.24) is 35.1 Å². The number of hydrogen-bond donors (Lipinski definition) is 6. The number of rotatable bonds is 14. The third-order valence-electron chi connectivity index (χ3n) is 8.23. The summed E-state index contributed by atoms with van der Waals surface area (Å²) in [6.07, 6.45) is -1.77. The number of aromatic nitrogens is 5. The molecule has 6 rings (SSSR count). The number of aliphatic hydroxyl groups excluding tert-OH is 2. The van der Waals surface area contributed by atoms with Gasteiger partial charge in [-0.15, -0.1) is 0 Å². The normalized spacial score (nSPS) is 18.8. The quantitative estimate of drug-likeness (QED) is 0.0957. The summed E-state index contributed by atoms with van der Waals surface area (Å²) >= 11 is 0. The average molecular weight is 666 g/mol. The van der Waals surface area contributed by atoms with Gasteiger partial charge in [-0.3, -0.25) is 14.2 Å². The largest absolute Gasteiger partial charge is 0.387 e. The Balaban J connectivity index is 1.28. The molecule has 6 N–H and O–H groups in total. The Morgan fingerprint density at radius 3 is 2.24 bits per heavy atom. The Labute approximate surface area is 283 Å². The van der Waals surface area contributed by atoms with Crippen LogP contribution in [0.15, 0.2) is 91.4 Å². The van der Waals surface area contributed by atoms with Gasteiger partial charge in [0.25, 0.3) is 11.8 Å². The summed E-state index contributed by atoms with van der Waals surface area (Å²) in [5, 5.41) is 33.7. The van der Waals surface area contributed by atoms with E-state index in [0.717, 1.165) is 16.9 Å². The number of hydrogen-bond acceptors (Lipinski definition) is 11. The van der Waals surface area contributed by atoms with E-state index in [1.807, 2.05) is 54.6 Å². The number of aliphatic hydroxyl groups is 2. The van der Waals surface area contributed by atoms with Gasteiger partial charge in [-0.05, 0) is 36.6 Å². The van der Waals surface area contributed by atoms with Crippen LogP contribution in [0.3, 0.4) is 0 Å². The minimum absolute atomic E-state index is 0.0636. The second-order valence-electron chi connectivity index (χ2n) is 11.5. The van der Waals surface area contributed by atoms with Crippen molar-refractivity contribution in [3.63, 3.8) is 0 Å². The molecule has 1 unspecified atom stereocenters. The summed E-state index contributed by atoms with van der Waals surface area (Å²) in [4.78, 5) is 43.9. The van der Waals surface area contributed by atoms with Crippen molar-refractivity contribution in [3.05, 3.63) is 108 Å². The van der Waals surface area contributed by atoms with E-state index < -0.39 is 36.4 Å². The Bertz CT molecular complexity index is 1800. The van der Waals surface area contributed by atoms with E-state index in [9.17, 15) is 19.8 Å². The van der Waals surface area contributed by atoms with Crippen LogP contribution in [0.1, 0.15) is 47.2 Å². The zero-order valence-corrected chi connectivity index (χ0v) is 26.9. The number of likely N-dealkylation sites (N-methyl/N-ethyl adjacent to an activating group) is 1. The molecule has 1 aliphatic heterocycles. The number of carbonyl (C=O) groups excluding carboxylic acids is 2. The van der Waals surface area contributed by atoms with Gasteiger partial charge in [-0.1, -0.05) is 66.7 Å². The Morgan fingerprint density at radius 1 is 0.857 bits per heavy atom. The maximum atomic E-state index is 13.4. The molecule has 5 aromatic rings. The first-order valence-electron chi connectivity index (χ1n) is 16.2. The highest BCUT2D eigenvalue weighted by atomic mass is 16.6. The first-order chi connectivity index (χ1) is 23.9. The molecule has 0 spiro atoms. The first kappa shape index (κ1) is 33.5. The first-order valence-corrected chi connectivity index (χ1v) is 16.2. The van der Waals surface area contributed by atoms with E-state index in [-0.39, 0.29) is 17.4 Å². The third-order valence-corrected chi connectivity index (χ3v) is 8.23. The number of imidazole rings is 1. The molecule has 4 heterocycles. The van der Waals surface area contributed by atoms with Gasteiger partial charge in [0.2, 0.25) is 5.82 Å². The predicted octanol–water partition coefficient (Wildman–Crippen LogP) is 2.45. The topological polar surface area (TPSA) is 188 Å². The maximum absolute atomic E-state index is 13.4. The molecule has 14 heteroatoms. The Hall–Kier alpha value is -5.44. The van der Waals surface area contributed by atoms with Crippen molar-refractivity contribution in [2.45, 2.75) is 43.8 Å². The van der Waals surface area contributed by atoms with Gasteiger partial charge in [-0.2, -0.15) is 0 Å². The minimum Gasteiger partial charge on any atom is -0.387 e. The summed E-state index contributed by atoms with van der Waals surface area (Å²) in [5.41, 5.74) is 2.68. The lowest BCUT2D eigenvalue weighted by Gasteiger charge is -2.20. The number of fused-ring (bicyclic) bond motifs is 1. The van der Waals surface area contributed by atoms with Crippen molar-refractivity contribution in [2.75, 3.05) is 36.8 Å². The fraction of sp³-hybridized carbons (Fsp3) is 0.314. The molecule has 254 valence electrons. The second-order valence-corrected chi connectivity index (χ2v) is 11.5. The van der Waals surface area contributed by atoms with E-state index in [1.54, 1.807) is 13.1 Å². The minimum atomic E-state index is -1.49. The molecule has 49 heavy (non-hydrogen) atoms. The molecule has 3 aromatic heterocycles. The number of amides is 2. The van der Waals surface area contributed by atoms with E-state index in [4.69, 9.17) is 4.74 Å². The predicted molar refractivity (Wildman–Crippen MR) is 183 cm³/mol. The number of nitrogens with zero attached hydrogens (tertiary/aromatic N) is 5. The van der Waals surface area contributed by atoms with Crippen molar-refractivity contribution >= 4 is 34.6 Å². The zero-order valence-electron chi connectivity index (χ0n) is 26.9. The summed E-state index contributed by atoms with van der Waals surface area (Å²) < 4.78 is 7.26. The molecule has 2 amide bonds. The van der Waals surface area contributed by atoms with Crippen LogP contribution in [-0.4, -0.2) is 91.0 Å². The summed E-state index contributed by atoms with van der Waals surface area (Å²) in [5.74, 6) is -0.206. The third kappa shape index (κ3) is 7.67. The molecule has 1 saturated heterocycles.